The van der Waals surface area contributed by atoms with E-state index in [-0.39, 0.29) is 11.9 Å². The van der Waals surface area contributed by atoms with Crippen LogP contribution in [-0.2, 0) is 11.2 Å². The summed E-state index contributed by atoms with van der Waals surface area (Å²) >= 11 is 5.87. The Bertz CT molecular complexity index is 603. The first-order valence-electron chi connectivity index (χ1n) is 7.09. The topological polar surface area (TPSA) is 58.1 Å². The fourth-order valence-corrected chi connectivity index (χ4v) is 2.05. The number of hydrogen-bond donors (Lipinski definition) is 1. The highest BCUT2D eigenvalue weighted by Gasteiger charge is 2.18. The van der Waals surface area contributed by atoms with E-state index in [0.29, 0.717) is 5.95 Å². The van der Waals surface area contributed by atoms with Crippen LogP contribution in [0.1, 0.15) is 12.5 Å². The van der Waals surface area contributed by atoms with Crippen molar-refractivity contribution in [1.29, 1.82) is 0 Å². The number of amides is 1. The van der Waals surface area contributed by atoms with Gasteiger partial charge in [0.2, 0.25) is 11.9 Å². The van der Waals surface area contributed by atoms with Gasteiger partial charge in [0.15, 0.2) is 0 Å². The van der Waals surface area contributed by atoms with E-state index in [2.05, 4.69) is 15.3 Å². The number of rotatable bonds is 6. The predicted octanol–water partition coefficient (Wildman–Crippen LogP) is 2.63. The van der Waals surface area contributed by atoms with Crippen molar-refractivity contribution < 1.29 is 4.79 Å². The first kappa shape index (κ1) is 16.4. The van der Waals surface area contributed by atoms with E-state index in [9.17, 15) is 4.79 Å². The lowest BCUT2D eigenvalue weighted by Crippen LogP contribution is -2.40. The summed E-state index contributed by atoms with van der Waals surface area (Å²) in [5.41, 5.74) is 1.19. The molecule has 22 heavy (non-hydrogen) atoms. The number of benzene rings is 1. The number of carbonyl (C=O) groups is 1. The predicted molar refractivity (Wildman–Crippen MR) is 87.9 cm³/mol. The third-order valence-corrected chi connectivity index (χ3v) is 3.76. The average Bonchev–Trinajstić information content (AvgIpc) is 2.54. The van der Waals surface area contributed by atoms with Crippen molar-refractivity contribution in [3.05, 3.63) is 53.3 Å². The molecule has 0 aliphatic heterocycles. The summed E-state index contributed by atoms with van der Waals surface area (Å²) in [7, 11) is 1.92. The molecule has 0 saturated carbocycles. The molecule has 2 rings (SSSR count). The summed E-state index contributed by atoms with van der Waals surface area (Å²) in [4.78, 5) is 22.1. The van der Waals surface area contributed by atoms with Gasteiger partial charge in [-0.05, 0) is 44.2 Å². The molecule has 0 saturated heterocycles. The van der Waals surface area contributed by atoms with Crippen molar-refractivity contribution in [1.82, 2.24) is 14.9 Å². The Morgan fingerprint density at radius 2 is 1.91 bits per heavy atom. The molecule has 116 valence electrons. The first-order chi connectivity index (χ1) is 10.6. The van der Waals surface area contributed by atoms with Gasteiger partial charge in [0.05, 0.1) is 6.04 Å². The van der Waals surface area contributed by atoms with Crippen LogP contribution < -0.4 is 5.32 Å². The first-order valence-corrected chi connectivity index (χ1v) is 7.46. The maximum Gasteiger partial charge on any atom is 0.243 e. The average molecular weight is 319 g/mol. The largest absolute Gasteiger partial charge is 0.295 e. The maximum atomic E-state index is 12.2. The van der Waals surface area contributed by atoms with Crippen molar-refractivity contribution in [3.8, 4) is 0 Å². The van der Waals surface area contributed by atoms with Crippen molar-refractivity contribution in [2.75, 3.05) is 18.9 Å². The van der Waals surface area contributed by atoms with Crippen molar-refractivity contribution in [3.63, 3.8) is 0 Å². The van der Waals surface area contributed by atoms with E-state index < -0.39 is 0 Å². The highest BCUT2D eigenvalue weighted by Crippen LogP contribution is 2.11. The lowest BCUT2D eigenvalue weighted by atomic mass is 10.1. The van der Waals surface area contributed by atoms with Crippen LogP contribution in [0.2, 0.25) is 5.02 Å². The van der Waals surface area contributed by atoms with E-state index in [1.165, 1.54) is 5.56 Å². The lowest BCUT2D eigenvalue weighted by Gasteiger charge is -2.23. The second-order valence-corrected chi connectivity index (χ2v) is 5.53. The molecule has 0 fully saturated rings. The second kappa shape index (κ2) is 7.87. The fraction of sp³-hybridized carbons (Fsp3) is 0.312. The second-order valence-electron chi connectivity index (χ2n) is 5.09. The Hall–Kier alpha value is -1.98. The Kier molecular flexibility index (Phi) is 5.86. The Morgan fingerprint density at radius 1 is 1.27 bits per heavy atom. The van der Waals surface area contributed by atoms with Gasteiger partial charge < -0.3 is 0 Å². The number of aromatic nitrogens is 2. The minimum absolute atomic E-state index is 0.121. The molecule has 5 nitrogen and oxygen atoms in total. The molecule has 1 N–H and O–H groups in total. The van der Waals surface area contributed by atoms with Crippen LogP contribution in [0, 0.1) is 0 Å². The van der Waals surface area contributed by atoms with Gasteiger partial charge in [-0.2, -0.15) is 0 Å². The van der Waals surface area contributed by atoms with Crippen molar-refractivity contribution in [2.24, 2.45) is 0 Å². The zero-order chi connectivity index (χ0) is 15.9. The maximum absolute atomic E-state index is 12.2. The van der Waals surface area contributed by atoms with Gasteiger partial charge >= 0.3 is 0 Å². The highest BCUT2D eigenvalue weighted by atomic mass is 35.5. The van der Waals surface area contributed by atoms with Crippen LogP contribution in [0.5, 0.6) is 0 Å². The Labute approximate surface area is 135 Å². The van der Waals surface area contributed by atoms with E-state index in [4.69, 9.17) is 11.6 Å². The molecule has 0 spiro atoms. The monoisotopic (exact) mass is 318 g/mol. The zero-order valence-electron chi connectivity index (χ0n) is 12.7. The summed E-state index contributed by atoms with van der Waals surface area (Å²) in [5, 5.41) is 3.44. The van der Waals surface area contributed by atoms with E-state index in [1.54, 1.807) is 18.5 Å². The molecule has 1 heterocycles. The number of likely N-dealkylation sites (N-methyl/N-ethyl adjacent to an activating group) is 1. The van der Waals surface area contributed by atoms with Crippen LogP contribution >= 0.6 is 11.6 Å². The summed E-state index contributed by atoms with van der Waals surface area (Å²) in [6.45, 7) is 2.63. The molecule has 1 unspecified atom stereocenters. The van der Waals surface area contributed by atoms with Gasteiger partial charge in [0.25, 0.3) is 0 Å². The van der Waals surface area contributed by atoms with Crippen LogP contribution in [0.15, 0.2) is 42.7 Å². The van der Waals surface area contributed by atoms with Crippen LogP contribution in [0.4, 0.5) is 5.95 Å². The molecule has 6 heteroatoms. The normalized spacial score (nSPS) is 12.2. The Balaban J connectivity index is 1.84. The van der Waals surface area contributed by atoms with Gasteiger partial charge in [-0.15, -0.1) is 0 Å². The molecule has 0 radical (unpaired) electrons. The molecule has 0 aliphatic rings. The minimum atomic E-state index is -0.267. The number of carbonyl (C=O) groups excluding carboxylic acids is 1. The number of nitrogens with one attached hydrogen (secondary N) is 1. The van der Waals surface area contributed by atoms with E-state index in [0.717, 1.165) is 18.0 Å². The van der Waals surface area contributed by atoms with Gasteiger partial charge in [-0.3, -0.25) is 15.0 Å². The summed E-state index contributed by atoms with van der Waals surface area (Å²) in [5.74, 6) is 0.204. The Morgan fingerprint density at radius 3 is 2.55 bits per heavy atom. The van der Waals surface area contributed by atoms with Crippen molar-refractivity contribution >= 4 is 23.5 Å². The van der Waals surface area contributed by atoms with Crippen molar-refractivity contribution in [2.45, 2.75) is 19.4 Å². The third kappa shape index (κ3) is 4.79. The van der Waals surface area contributed by atoms with Gasteiger partial charge in [0, 0.05) is 24.0 Å². The molecule has 1 atom stereocenters. The quantitative estimate of drug-likeness (QED) is 0.889. The molecular weight excluding hydrogens is 300 g/mol. The van der Waals surface area contributed by atoms with E-state index >= 15 is 0 Å². The molecule has 1 amide bonds. The number of hydrogen-bond acceptors (Lipinski definition) is 4. The zero-order valence-corrected chi connectivity index (χ0v) is 13.4. The number of nitrogens with zero attached hydrogens (tertiary/aromatic N) is 3. The summed E-state index contributed by atoms with van der Waals surface area (Å²) < 4.78 is 0. The summed E-state index contributed by atoms with van der Waals surface area (Å²) in [6.07, 6.45) is 4.04. The highest BCUT2D eigenvalue weighted by molar-refractivity contribution is 6.30. The van der Waals surface area contributed by atoms with Crippen LogP contribution in [0.3, 0.4) is 0 Å². The minimum Gasteiger partial charge on any atom is -0.295 e. The smallest absolute Gasteiger partial charge is 0.243 e. The third-order valence-electron chi connectivity index (χ3n) is 3.51. The number of anilines is 1. The van der Waals surface area contributed by atoms with Gasteiger partial charge in [0.1, 0.15) is 0 Å². The lowest BCUT2D eigenvalue weighted by molar-refractivity contribution is -0.120. The summed E-state index contributed by atoms with van der Waals surface area (Å²) in [6, 6.07) is 9.19. The standard InChI is InChI=1S/C16H19ClN4O/c1-12(15(22)20-16-18-9-3-10-19-16)21(2)11-8-13-4-6-14(17)7-5-13/h3-7,9-10,12H,8,11H2,1-2H3,(H,18,19,20,22). The van der Waals surface area contributed by atoms with Crippen LogP contribution in [0.25, 0.3) is 0 Å². The molecule has 1 aromatic carbocycles. The molecule has 0 bridgehead atoms. The van der Waals surface area contributed by atoms with Gasteiger partial charge in [-0.25, -0.2) is 9.97 Å². The molecule has 0 aliphatic carbocycles. The fourth-order valence-electron chi connectivity index (χ4n) is 1.93. The van der Waals surface area contributed by atoms with E-state index in [1.807, 2.05) is 43.1 Å². The molecule has 1 aromatic heterocycles. The number of halogens is 1. The van der Waals surface area contributed by atoms with Gasteiger partial charge in [-0.1, -0.05) is 23.7 Å². The SMILES string of the molecule is CC(C(=O)Nc1ncccn1)N(C)CCc1ccc(Cl)cc1. The molecule has 2 aromatic rings. The molecular formula is C16H19ClN4O. The van der Waals surface area contributed by atoms with Crippen LogP contribution in [-0.4, -0.2) is 40.4 Å².